The van der Waals surface area contributed by atoms with Crippen LogP contribution in [0.4, 0.5) is 11.4 Å². The van der Waals surface area contributed by atoms with Crippen molar-refractivity contribution in [3.8, 4) is 0 Å². The van der Waals surface area contributed by atoms with Gasteiger partial charge in [-0.1, -0.05) is 30.3 Å². The fourth-order valence-corrected chi connectivity index (χ4v) is 4.34. The largest absolute Gasteiger partial charge is 0.371 e. The average molecular weight is 431 g/mol. The fourth-order valence-electron chi connectivity index (χ4n) is 4.34. The van der Waals surface area contributed by atoms with Gasteiger partial charge in [-0.15, -0.1) is 0 Å². The van der Waals surface area contributed by atoms with E-state index >= 15 is 0 Å². The molecule has 0 spiro atoms. The molecule has 2 heterocycles. The quantitative estimate of drug-likeness (QED) is 0.415. The molecule has 7 heteroatoms. The second kappa shape index (κ2) is 9.18. The van der Waals surface area contributed by atoms with E-state index in [-0.39, 0.29) is 23.7 Å². The summed E-state index contributed by atoms with van der Waals surface area (Å²) in [7, 11) is 0. The van der Waals surface area contributed by atoms with Gasteiger partial charge in [-0.25, -0.2) is 0 Å². The van der Waals surface area contributed by atoms with Crippen LogP contribution in [0, 0.1) is 17.0 Å². The Kier molecular flexibility index (Phi) is 6.16. The van der Waals surface area contributed by atoms with Crippen LogP contribution in [0.25, 0.3) is 0 Å². The first kappa shape index (κ1) is 21.5. The molecule has 32 heavy (non-hydrogen) atoms. The van der Waals surface area contributed by atoms with Crippen molar-refractivity contribution in [1.29, 1.82) is 0 Å². The number of benzene rings is 2. The highest BCUT2D eigenvalue weighted by atomic mass is 16.6. The molecule has 4 rings (SSSR count). The van der Waals surface area contributed by atoms with Crippen molar-refractivity contribution in [2.75, 3.05) is 11.9 Å². The zero-order valence-corrected chi connectivity index (χ0v) is 18.2. The minimum absolute atomic E-state index is 0.00950. The topological polar surface area (TPSA) is 88.4 Å². The van der Waals surface area contributed by atoms with Gasteiger partial charge in [-0.2, -0.15) is 0 Å². The molecule has 0 bridgehead atoms. The number of aryl methyl sites for hydroxylation is 1. The third kappa shape index (κ3) is 4.32. The number of hydrogen-bond acceptors (Lipinski definition) is 5. The van der Waals surface area contributed by atoms with Crippen LogP contribution in [0.15, 0.2) is 66.9 Å². The van der Waals surface area contributed by atoms with Gasteiger partial charge in [0.05, 0.1) is 22.7 Å². The molecule has 1 aromatic heterocycles. The first-order valence-corrected chi connectivity index (χ1v) is 10.8. The molecule has 2 aromatic carbocycles. The Balaban J connectivity index is 1.60. The fraction of sp³-hybridized carbons (Fsp3) is 0.280. The summed E-state index contributed by atoms with van der Waals surface area (Å²) in [5.74, 6) is -0.178. The van der Waals surface area contributed by atoms with Crippen LogP contribution in [-0.4, -0.2) is 27.3 Å². The zero-order chi connectivity index (χ0) is 22.7. The van der Waals surface area contributed by atoms with Gasteiger partial charge in [0.25, 0.3) is 11.6 Å². The van der Waals surface area contributed by atoms with E-state index in [1.807, 2.05) is 55.1 Å². The van der Waals surface area contributed by atoms with Crippen molar-refractivity contribution in [3.63, 3.8) is 0 Å². The van der Waals surface area contributed by atoms with E-state index in [0.29, 0.717) is 17.8 Å². The van der Waals surface area contributed by atoms with E-state index in [1.165, 1.54) is 6.07 Å². The standard InChI is InChI=1S/C25H26N4O3/c1-17-8-3-4-9-20(17)23-11-7-15-28(23)25(30)19-12-13-22(24(16-19)29(31)32)27-18(2)21-10-5-6-14-26-21/h3-6,8-10,12-14,16,18,23,27H,7,11,15H2,1-2H3. The van der Waals surface area contributed by atoms with E-state index < -0.39 is 4.92 Å². The number of aromatic nitrogens is 1. The first-order chi connectivity index (χ1) is 15.5. The number of carbonyl (C=O) groups excluding carboxylic acids is 1. The second-order valence-electron chi connectivity index (χ2n) is 8.12. The van der Waals surface area contributed by atoms with E-state index in [9.17, 15) is 14.9 Å². The maximum absolute atomic E-state index is 13.3. The SMILES string of the molecule is Cc1ccccc1C1CCCN1C(=O)c1ccc(NC(C)c2ccccn2)c([N+](=O)[O-])c1. The summed E-state index contributed by atoms with van der Waals surface area (Å²) in [6.07, 6.45) is 3.48. The van der Waals surface area contributed by atoms with Crippen LogP contribution in [0.3, 0.4) is 0 Å². The molecule has 3 aromatic rings. The first-order valence-electron chi connectivity index (χ1n) is 10.8. The molecule has 2 atom stereocenters. The molecule has 164 valence electrons. The van der Waals surface area contributed by atoms with Crippen molar-refractivity contribution in [2.45, 2.75) is 38.8 Å². The third-order valence-corrected chi connectivity index (χ3v) is 6.01. The highest BCUT2D eigenvalue weighted by molar-refractivity contribution is 5.96. The van der Waals surface area contributed by atoms with Crippen LogP contribution in [0.5, 0.6) is 0 Å². The molecule has 1 N–H and O–H groups in total. The van der Waals surface area contributed by atoms with Crippen LogP contribution < -0.4 is 5.32 Å². The number of anilines is 1. The number of nitrogens with one attached hydrogen (secondary N) is 1. The molecule has 1 aliphatic rings. The molecule has 0 aliphatic carbocycles. The molecule has 0 radical (unpaired) electrons. The summed E-state index contributed by atoms with van der Waals surface area (Å²) in [5, 5.41) is 14.9. The maximum Gasteiger partial charge on any atom is 0.293 e. The van der Waals surface area contributed by atoms with Gasteiger partial charge in [0.2, 0.25) is 0 Å². The Morgan fingerprint density at radius 2 is 1.97 bits per heavy atom. The van der Waals surface area contributed by atoms with Gasteiger partial charge in [0, 0.05) is 24.4 Å². The molecule has 1 fully saturated rings. The van der Waals surface area contributed by atoms with Crippen molar-refractivity contribution in [1.82, 2.24) is 9.88 Å². The number of likely N-dealkylation sites (tertiary alicyclic amines) is 1. The van der Waals surface area contributed by atoms with Crippen molar-refractivity contribution in [3.05, 3.63) is 99.4 Å². The summed E-state index contributed by atoms with van der Waals surface area (Å²) < 4.78 is 0. The highest BCUT2D eigenvalue weighted by Gasteiger charge is 2.32. The van der Waals surface area contributed by atoms with E-state index in [2.05, 4.69) is 16.4 Å². The van der Waals surface area contributed by atoms with Crippen LogP contribution in [0.1, 0.15) is 59.0 Å². The predicted molar refractivity (Wildman–Crippen MR) is 124 cm³/mol. The van der Waals surface area contributed by atoms with Crippen molar-refractivity contribution in [2.24, 2.45) is 0 Å². The number of amides is 1. The van der Waals surface area contributed by atoms with Gasteiger partial charge in [-0.05, 0) is 62.1 Å². The average Bonchev–Trinajstić information content (AvgIpc) is 3.29. The predicted octanol–water partition coefficient (Wildman–Crippen LogP) is 5.45. The van der Waals surface area contributed by atoms with E-state index in [1.54, 1.807) is 18.3 Å². The summed E-state index contributed by atoms with van der Waals surface area (Å²) >= 11 is 0. The third-order valence-electron chi connectivity index (χ3n) is 6.01. The Bertz CT molecular complexity index is 1130. The number of hydrogen-bond donors (Lipinski definition) is 1. The number of carbonyl (C=O) groups is 1. The second-order valence-corrected chi connectivity index (χ2v) is 8.12. The number of nitrogens with zero attached hydrogens (tertiary/aromatic N) is 3. The molecular weight excluding hydrogens is 404 g/mol. The number of rotatable bonds is 6. The lowest BCUT2D eigenvalue weighted by Gasteiger charge is -2.26. The summed E-state index contributed by atoms with van der Waals surface area (Å²) in [6, 6.07) is 18.1. The molecule has 2 unspecified atom stereocenters. The number of pyridine rings is 1. The lowest BCUT2D eigenvalue weighted by atomic mass is 9.99. The van der Waals surface area contributed by atoms with Gasteiger partial charge in [0.1, 0.15) is 5.69 Å². The normalized spacial score (nSPS) is 16.6. The minimum atomic E-state index is -0.451. The van der Waals surface area contributed by atoms with Gasteiger partial charge in [0.15, 0.2) is 0 Å². The smallest absolute Gasteiger partial charge is 0.293 e. The molecular formula is C25H26N4O3. The van der Waals surface area contributed by atoms with Gasteiger partial charge >= 0.3 is 0 Å². The van der Waals surface area contributed by atoms with Gasteiger partial charge < -0.3 is 10.2 Å². The van der Waals surface area contributed by atoms with E-state index in [0.717, 1.165) is 29.7 Å². The number of nitro benzene ring substituents is 1. The highest BCUT2D eigenvalue weighted by Crippen LogP contribution is 2.36. The summed E-state index contributed by atoms with van der Waals surface area (Å²) in [5.41, 5.74) is 3.63. The molecule has 1 amide bonds. The van der Waals surface area contributed by atoms with Gasteiger partial charge in [-0.3, -0.25) is 19.9 Å². The number of nitro groups is 1. The van der Waals surface area contributed by atoms with Crippen LogP contribution >= 0.6 is 0 Å². The Morgan fingerprint density at radius 3 is 2.69 bits per heavy atom. The van der Waals surface area contributed by atoms with Crippen LogP contribution in [0.2, 0.25) is 0 Å². The van der Waals surface area contributed by atoms with Crippen molar-refractivity contribution < 1.29 is 9.72 Å². The van der Waals surface area contributed by atoms with Crippen LogP contribution in [-0.2, 0) is 0 Å². The molecule has 0 saturated carbocycles. The zero-order valence-electron chi connectivity index (χ0n) is 18.2. The summed E-state index contributed by atoms with van der Waals surface area (Å²) in [4.78, 5) is 30.8. The van der Waals surface area contributed by atoms with E-state index in [4.69, 9.17) is 0 Å². The lowest BCUT2D eigenvalue weighted by molar-refractivity contribution is -0.384. The molecule has 1 saturated heterocycles. The Hall–Kier alpha value is -3.74. The lowest BCUT2D eigenvalue weighted by Crippen LogP contribution is -2.31. The summed E-state index contributed by atoms with van der Waals surface area (Å²) in [6.45, 7) is 4.58. The minimum Gasteiger partial charge on any atom is -0.371 e. The van der Waals surface area contributed by atoms with Crippen molar-refractivity contribution >= 4 is 17.3 Å². The monoisotopic (exact) mass is 430 g/mol. The maximum atomic E-state index is 13.3. The Morgan fingerprint density at radius 1 is 1.19 bits per heavy atom. The Labute approximate surface area is 187 Å². The molecule has 1 aliphatic heterocycles. The molecule has 7 nitrogen and oxygen atoms in total.